The largest absolute Gasteiger partial charge is 0.468 e. The number of hydrogen-bond acceptors (Lipinski definition) is 6. The van der Waals surface area contributed by atoms with Crippen LogP contribution in [0.15, 0.2) is 36.6 Å². The van der Waals surface area contributed by atoms with Crippen LogP contribution in [0, 0.1) is 11.6 Å². The maximum atomic E-state index is 14.2. The number of nitrogens with zero attached hydrogens (tertiary/aromatic N) is 7. The summed E-state index contributed by atoms with van der Waals surface area (Å²) in [4.78, 5) is 3.49. The first-order valence-electron chi connectivity index (χ1n) is 9.77. The molecule has 0 saturated carbocycles. The Labute approximate surface area is 148 Å². The standard InChI is InChI=1S/C15H11F2N7O/c1-23-13(18-8-19-23)7-25-14-5-4-12-20-21-15(24(12)22-14)10-6-9(16)2-3-11(10)17/h2-6,8H,7H2,1H3/i1D3,7D2,8D. The molecule has 0 bridgehead atoms. The zero-order chi connectivity index (χ0) is 22.6. The fourth-order valence-corrected chi connectivity index (χ4v) is 2.04. The van der Waals surface area contributed by atoms with Crippen LogP contribution in [0.3, 0.4) is 0 Å². The highest BCUT2D eigenvalue weighted by molar-refractivity contribution is 5.59. The predicted molar refractivity (Wildman–Crippen MR) is 81.5 cm³/mol. The molecule has 1 aromatic carbocycles. The molecule has 8 nitrogen and oxygen atoms in total. The average molecular weight is 349 g/mol. The minimum absolute atomic E-state index is 0.130. The van der Waals surface area contributed by atoms with E-state index in [9.17, 15) is 8.78 Å². The van der Waals surface area contributed by atoms with Crippen molar-refractivity contribution >= 4 is 5.65 Å². The van der Waals surface area contributed by atoms with E-state index in [1.165, 1.54) is 12.1 Å². The van der Waals surface area contributed by atoms with Gasteiger partial charge in [0.25, 0.3) is 0 Å². The van der Waals surface area contributed by atoms with E-state index >= 15 is 0 Å². The Morgan fingerprint density at radius 1 is 1.28 bits per heavy atom. The molecule has 0 spiro atoms. The summed E-state index contributed by atoms with van der Waals surface area (Å²) in [5.74, 6) is -2.82. The number of rotatable bonds is 4. The molecule has 4 aromatic rings. The van der Waals surface area contributed by atoms with E-state index in [0.717, 1.165) is 22.7 Å². The molecule has 0 saturated heterocycles. The number of fused-ring (bicyclic) bond motifs is 1. The first kappa shape index (κ1) is 9.77. The summed E-state index contributed by atoms with van der Waals surface area (Å²) >= 11 is 0. The highest BCUT2D eigenvalue weighted by Gasteiger charge is 2.15. The molecule has 4 rings (SSSR count). The second-order valence-corrected chi connectivity index (χ2v) is 4.74. The lowest BCUT2D eigenvalue weighted by Gasteiger charge is -2.06. The Kier molecular flexibility index (Phi) is 2.30. The first-order valence-corrected chi connectivity index (χ1v) is 6.77. The van der Waals surface area contributed by atoms with Crippen LogP contribution in [-0.4, -0.2) is 34.6 Å². The molecule has 0 unspecified atom stereocenters. The summed E-state index contributed by atoms with van der Waals surface area (Å²) in [5.41, 5.74) is -0.105. The Balaban J connectivity index is 1.76. The van der Waals surface area contributed by atoms with Gasteiger partial charge in [-0.1, -0.05) is 0 Å². The normalized spacial score (nSPS) is 15.8. The molecule has 25 heavy (non-hydrogen) atoms. The molecule has 0 aliphatic heterocycles. The molecule has 10 heteroatoms. The molecule has 0 aliphatic carbocycles. The molecule has 126 valence electrons. The van der Waals surface area contributed by atoms with Crippen LogP contribution in [0.2, 0.25) is 0 Å². The van der Waals surface area contributed by atoms with Crippen LogP contribution >= 0.6 is 0 Å². The highest BCUT2D eigenvalue weighted by atomic mass is 19.1. The number of hydrogen-bond donors (Lipinski definition) is 0. The minimum Gasteiger partial charge on any atom is -0.468 e. The van der Waals surface area contributed by atoms with E-state index in [1.54, 1.807) is 0 Å². The van der Waals surface area contributed by atoms with Crippen LogP contribution in [0.1, 0.15) is 14.0 Å². The van der Waals surface area contributed by atoms with Crippen molar-refractivity contribution in [3.8, 4) is 17.3 Å². The van der Waals surface area contributed by atoms with Crippen molar-refractivity contribution in [2.75, 3.05) is 0 Å². The molecule has 0 fully saturated rings. The van der Waals surface area contributed by atoms with Gasteiger partial charge in [0.15, 0.2) is 17.3 Å². The second kappa shape index (κ2) is 5.89. The third kappa shape index (κ3) is 2.77. The predicted octanol–water partition coefficient (Wildman–Crippen LogP) is 1.78. The van der Waals surface area contributed by atoms with Crippen molar-refractivity contribution in [2.45, 2.75) is 6.56 Å². The molecule has 0 aliphatic rings. The van der Waals surface area contributed by atoms with Gasteiger partial charge in [-0.2, -0.15) is 9.61 Å². The Morgan fingerprint density at radius 2 is 2.20 bits per heavy atom. The summed E-state index contributed by atoms with van der Waals surface area (Å²) in [6, 6.07) is 5.28. The number of halogens is 2. The van der Waals surface area contributed by atoms with Gasteiger partial charge in [-0.15, -0.1) is 15.3 Å². The van der Waals surface area contributed by atoms with Gasteiger partial charge in [0.1, 0.15) is 25.9 Å². The van der Waals surface area contributed by atoms with Crippen LogP contribution in [0.25, 0.3) is 17.0 Å². The maximum Gasteiger partial charge on any atom is 0.232 e. The van der Waals surface area contributed by atoms with Crippen molar-refractivity contribution in [1.82, 2.24) is 34.6 Å². The van der Waals surface area contributed by atoms with E-state index in [4.69, 9.17) is 13.0 Å². The van der Waals surface area contributed by atoms with Crippen molar-refractivity contribution in [2.24, 2.45) is 6.98 Å². The van der Waals surface area contributed by atoms with Crippen molar-refractivity contribution in [3.05, 3.63) is 54.1 Å². The summed E-state index contributed by atoms with van der Waals surface area (Å²) in [6.07, 6.45) is -0.718. The quantitative estimate of drug-likeness (QED) is 0.558. The van der Waals surface area contributed by atoms with Gasteiger partial charge in [-0.05, 0) is 24.3 Å². The fraction of sp³-hybridized carbons (Fsp3) is 0.133. The van der Waals surface area contributed by atoms with Crippen molar-refractivity contribution < 1.29 is 21.7 Å². The van der Waals surface area contributed by atoms with Gasteiger partial charge in [-0.25, -0.2) is 13.8 Å². The van der Waals surface area contributed by atoms with Crippen molar-refractivity contribution in [3.63, 3.8) is 0 Å². The summed E-state index contributed by atoms with van der Waals surface area (Å²) in [7, 11) is 0. The molecule has 0 atom stereocenters. The van der Waals surface area contributed by atoms with Crippen LogP contribution < -0.4 is 4.74 Å². The number of aromatic nitrogens is 7. The third-order valence-electron chi connectivity index (χ3n) is 3.16. The Hall–Kier alpha value is -3.43. The van der Waals surface area contributed by atoms with Crippen molar-refractivity contribution in [1.29, 1.82) is 0 Å². The molecular weight excluding hydrogens is 332 g/mol. The number of benzene rings is 1. The van der Waals surface area contributed by atoms with Crippen LogP contribution in [0.4, 0.5) is 8.78 Å². The summed E-state index contributed by atoms with van der Waals surface area (Å²) < 4.78 is 80.0. The molecule has 0 amide bonds. The SMILES string of the molecule is [2H]c1nc(C([2H])([2H])Oc2ccc3nnc(-c4cc(F)ccc4F)n3n2)n(C([2H])([2H])[2H])n1. The van der Waals surface area contributed by atoms with Gasteiger partial charge in [-0.3, -0.25) is 4.68 Å². The zero-order valence-corrected chi connectivity index (χ0v) is 12.2. The smallest absolute Gasteiger partial charge is 0.232 e. The zero-order valence-electron chi connectivity index (χ0n) is 18.2. The number of ether oxygens (including phenoxy) is 1. The van der Waals surface area contributed by atoms with Crippen LogP contribution in [0.5, 0.6) is 5.88 Å². The van der Waals surface area contributed by atoms with Gasteiger partial charge < -0.3 is 4.74 Å². The minimum atomic E-state index is -2.91. The molecule has 3 aromatic heterocycles. The summed E-state index contributed by atoms with van der Waals surface area (Å²) in [6.45, 7) is -5.77. The second-order valence-electron chi connectivity index (χ2n) is 4.74. The highest BCUT2D eigenvalue weighted by Crippen LogP contribution is 2.23. The van der Waals surface area contributed by atoms with E-state index in [0.29, 0.717) is 0 Å². The molecule has 3 heterocycles. The van der Waals surface area contributed by atoms with E-state index < -0.39 is 37.3 Å². The average Bonchev–Trinajstić information content (AvgIpc) is 3.27. The lowest BCUT2D eigenvalue weighted by atomic mass is 10.2. The fourth-order valence-electron chi connectivity index (χ4n) is 2.04. The maximum absolute atomic E-state index is 14.2. The number of aryl methyl sites for hydroxylation is 1. The van der Waals surface area contributed by atoms with E-state index in [-0.39, 0.29) is 27.6 Å². The Bertz CT molecular complexity index is 1290. The molecule has 0 N–H and O–H groups in total. The van der Waals surface area contributed by atoms with Gasteiger partial charge >= 0.3 is 0 Å². The van der Waals surface area contributed by atoms with Crippen LogP contribution in [-0.2, 0) is 13.5 Å². The Morgan fingerprint density at radius 3 is 3.08 bits per heavy atom. The summed E-state index contributed by atoms with van der Waals surface area (Å²) in [5, 5.41) is 14.9. The lowest BCUT2D eigenvalue weighted by Crippen LogP contribution is -2.06. The third-order valence-corrected chi connectivity index (χ3v) is 3.16. The topological polar surface area (TPSA) is 83.0 Å². The van der Waals surface area contributed by atoms with Gasteiger partial charge in [0, 0.05) is 17.2 Å². The first-order chi connectivity index (χ1) is 14.5. The molecular formula is C15H11F2N7O. The monoisotopic (exact) mass is 349 g/mol. The van der Waals surface area contributed by atoms with E-state index in [2.05, 4.69) is 25.4 Å². The lowest BCUT2D eigenvalue weighted by molar-refractivity contribution is 0.274. The van der Waals surface area contributed by atoms with Gasteiger partial charge in [0.05, 0.1) is 8.30 Å². The van der Waals surface area contributed by atoms with Gasteiger partial charge in [0.2, 0.25) is 5.88 Å². The molecule has 0 radical (unpaired) electrons. The van der Waals surface area contributed by atoms with E-state index in [1.807, 2.05) is 0 Å².